The van der Waals surface area contributed by atoms with Crippen molar-refractivity contribution >= 4 is 23.1 Å². The molecule has 1 atom stereocenters. The quantitative estimate of drug-likeness (QED) is 0.762. The molecule has 1 N–H and O–H groups in total. The van der Waals surface area contributed by atoms with E-state index in [4.69, 9.17) is 0 Å². The lowest BCUT2D eigenvalue weighted by Crippen LogP contribution is -2.52. The van der Waals surface area contributed by atoms with Gasteiger partial charge in [0.25, 0.3) is 0 Å². The molecule has 0 unspecified atom stereocenters. The number of benzene rings is 1. The number of nitrogens with zero attached hydrogens (tertiary/aromatic N) is 2. The number of aliphatic hydroxyl groups is 1. The minimum absolute atomic E-state index is 0.265. The fourth-order valence-electron chi connectivity index (χ4n) is 3.36. The van der Waals surface area contributed by atoms with Gasteiger partial charge in [0.1, 0.15) is 0 Å². The van der Waals surface area contributed by atoms with Crippen molar-refractivity contribution in [3.8, 4) is 0 Å². The van der Waals surface area contributed by atoms with Crippen molar-refractivity contribution in [3.63, 3.8) is 0 Å². The predicted octanol–water partition coefficient (Wildman–Crippen LogP) is 3.54. The minimum atomic E-state index is 0.265. The lowest BCUT2D eigenvalue weighted by Gasteiger charge is -2.41. The van der Waals surface area contributed by atoms with Crippen molar-refractivity contribution in [2.45, 2.75) is 30.4 Å². The normalized spacial score (nSPS) is 19.7. The summed E-state index contributed by atoms with van der Waals surface area (Å²) >= 11 is 3.62. The Morgan fingerprint density at radius 1 is 1.21 bits per heavy atom. The van der Waals surface area contributed by atoms with Crippen LogP contribution in [0.5, 0.6) is 0 Å². The molecular formula is C19H26N2OS2. The highest BCUT2D eigenvalue weighted by molar-refractivity contribution is 7.98. The third kappa shape index (κ3) is 4.83. The smallest absolute Gasteiger partial charge is 0.0446 e. The van der Waals surface area contributed by atoms with E-state index in [1.165, 1.54) is 15.3 Å². The monoisotopic (exact) mass is 362 g/mol. The van der Waals surface area contributed by atoms with Gasteiger partial charge in [0.2, 0.25) is 0 Å². The highest BCUT2D eigenvalue weighted by Crippen LogP contribution is 2.22. The zero-order chi connectivity index (χ0) is 16.8. The van der Waals surface area contributed by atoms with E-state index >= 15 is 0 Å². The average Bonchev–Trinajstić information content (AvgIpc) is 3.11. The SMILES string of the molecule is CSc1cccc(CN2CCN(Cc3cccs3)[C@H](CCO)C2)c1. The number of thioether (sulfide) groups is 1. The van der Waals surface area contributed by atoms with Crippen LogP contribution in [0.1, 0.15) is 16.9 Å². The van der Waals surface area contributed by atoms with Gasteiger partial charge in [-0.1, -0.05) is 18.2 Å². The van der Waals surface area contributed by atoms with E-state index in [-0.39, 0.29) is 6.61 Å². The molecule has 1 aromatic heterocycles. The van der Waals surface area contributed by atoms with Crippen molar-refractivity contribution in [2.75, 3.05) is 32.5 Å². The van der Waals surface area contributed by atoms with Crippen LogP contribution in [-0.4, -0.2) is 53.4 Å². The van der Waals surface area contributed by atoms with E-state index in [0.717, 1.165) is 39.1 Å². The molecule has 2 aromatic rings. The summed E-state index contributed by atoms with van der Waals surface area (Å²) in [6.07, 6.45) is 2.98. The van der Waals surface area contributed by atoms with Gasteiger partial charge in [0, 0.05) is 55.1 Å². The average molecular weight is 363 g/mol. The summed E-state index contributed by atoms with van der Waals surface area (Å²) in [6, 6.07) is 13.6. The lowest BCUT2D eigenvalue weighted by atomic mass is 10.1. The van der Waals surface area contributed by atoms with Crippen molar-refractivity contribution in [1.82, 2.24) is 9.80 Å². The van der Waals surface area contributed by atoms with Gasteiger partial charge in [-0.05, 0) is 41.8 Å². The second-order valence-electron chi connectivity index (χ2n) is 6.30. The summed E-state index contributed by atoms with van der Waals surface area (Å²) < 4.78 is 0. The molecule has 1 aromatic carbocycles. The molecule has 0 spiro atoms. The minimum Gasteiger partial charge on any atom is -0.396 e. The Labute approximate surface area is 153 Å². The first kappa shape index (κ1) is 18.0. The van der Waals surface area contributed by atoms with Crippen LogP contribution in [0.2, 0.25) is 0 Å². The Morgan fingerprint density at radius 3 is 2.88 bits per heavy atom. The molecule has 0 bridgehead atoms. The number of aliphatic hydroxyl groups excluding tert-OH is 1. The highest BCUT2D eigenvalue weighted by Gasteiger charge is 2.26. The molecule has 3 rings (SSSR count). The molecule has 24 heavy (non-hydrogen) atoms. The highest BCUT2D eigenvalue weighted by atomic mass is 32.2. The molecule has 2 heterocycles. The molecular weight excluding hydrogens is 336 g/mol. The Bertz CT molecular complexity index is 618. The fraction of sp³-hybridized carbons (Fsp3) is 0.474. The molecule has 0 saturated carbocycles. The summed E-state index contributed by atoms with van der Waals surface area (Å²) in [5.41, 5.74) is 1.39. The van der Waals surface area contributed by atoms with Gasteiger partial charge in [-0.15, -0.1) is 23.1 Å². The fourth-order valence-corrected chi connectivity index (χ4v) is 4.58. The molecule has 1 saturated heterocycles. The largest absolute Gasteiger partial charge is 0.396 e. The van der Waals surface area contributed by atoms with Crippen LogP contribution >= 0.6 is 23.1 Å². The third-order valence-electron chi connectivity index (χ3n) is 4.63. The number of thiophene rings is 1. The van der Waals surface area contributed by atoms with Gasteiger partial charge >= 0.3 is 0 Å². The Hall–Kier alpha value is -0.850. The van der Waals surface area contributed by atoms with Crippen LogP contribution in [0.25, 0.3) is 0 Å². The van der Waals surface area contributed by atoms with Crippen LogP contribution in [-0.2, 0) is 13.1 Å². The van der Waals surface area contributed by atoms with E-state index < -0.39 is 0 Å². The maximum Gasteiger partial charge on any atom is 0.0446 e. The van der Waals surface area contributed by atoms with Crippen LogP contribution < -0.4 is 0 Å². The van der Waals surface area contributed by atoms with E-state index in [9.17, 15) is 5.11 Å². The Balaban J connectivity index is 1.61. The second kappa shape index (κ2) is 9.02. The maximum absolute atomic E-state index is 9.46. The Morgan fingerprint density at radius 2 is 2.12 bits per heavy atom. The van der Waals surface area contributed by atoms with Crippen LogP contribution in [0.3, 0.4) is 0 Å². The van der Waals surface area contributed by atoms with Gasteiger partial charge in [0.05, 0.1) is 0 Å². The van der Waals surface area contributed by atoms with E-state index in [2.05, 4.69) is 57.8 Å². The van der Waals surface area contributed by atoms with Gasteiger partial charge < -0.3 is 5.11 Å². The third-order valence-corrected chi connectivity index (χ3v) is 6.22. The first-order valence-corrected chi connectivity index (χ1v) is 10.6. The molecule has 1 fully saturated rings. The molecule has 1 aliphatic heterocycles. The zero-order valence-electron chi connectivity index (χ0n) is 14.2. The van der Waals surface area contributed by atoms with Crippen molar-refractivity contribution < 1.29 is 5.11 Å². The number of hydrogen-bond acceptors (Lipinski definition) is 5. The van der Waals surface area contributed by atoms with Crippen LogP contribution in [0.15, 0.2) is 46.7 Å². The number of rotatable bonds is 7. The number of piperazine rings is 1. The van der Waals surface area contributed by atoms with Gasteiger partial charge in [-0.3, -0.25) is 9.80 Å². The number of hydrogen-bond donors (Lipinski definition) is 1. The Kier molecular flexibility index (Phi) is 6.75. The summed E-state index contributed by atoms with van der Waals surface area (Å²) in [5.74, 6) is 0. The molecule has 3 nitrogen and oxygen atoms in total. The summed E-state index contributed by atoms with van der Waals surface area (Å²) in [5, 5.41) is 11.6. The molecule has 1 aliphatic rings. The van der Waals surface area contributed by atoms with Gasteiger partial charge in [-0.2, -0.15) is 0 Å². The molecule has 5 heteroatoms. The van der Waals surface area contributed by atoms with Crippen molar-refractivity contribution in [3.05, 3.63) is 52.2 Å². The van der Waals surface area contributed by atoms with Crippen molar-refractivity contribution in [1.29, 1.82) is 0 Å². The van der Waals surface area contributed by atoms with Crippen LogP contribution in [0.4, 0.5) is 0 Å². The summed E-state index contributed by atoms with van der Waals surface area (Å²) in [6.45, 7) is 5.49. The zero-order valence-corrected chi connectivity index (χ0v) is 15.9. The van der Waals surface area contributed by atoms with E-state index in [0.29, 0.717) is 6.04 Å². The first-order valence-electron chi connectivity index (χ1n) is 8.51. The van der Waals surface area contributed by atoms with Gasteiger partial charge in [0.15, 0.2) is 0 Å². The first-order chi connectivity index (χ1) is 11.8. The molecule has 130 valence electrons. The van der Waals surface area contributed by atoms with Crippen LogP contribution in [0, 0.1) is 0 Å². The molecule has 0 radical (unpaired) electrons. The van der Waals surface area contributed by atoms with E-state index in [1.807, 2.05) is 11.3 Å². The summed E-state index contributed by atoms with van der Waals surface area (Å²) in [7, 11) is 0. The van der Waals surface area contributed by atoms with Gasteiger partial charge in [-0.25, -0.2) is 0 Å². The standard InChI is InChI=1S/C19H26N2OS2/c1-23-18-5-2-4-16(12-18)13-20-8-9-21(17(14-20)7-10-22)15-19-6-3-11-24-19/h2-6,11-12,17,22H,7-10,13-15H2,1H3/t17-/m1/s1. The molecule has 0 aliphatic carbocycles. The summed E-state index contributed by atoms with van der Waals surface area (Å²) in [4.78, 5) is 7.82. The maximum atomic E-state index is 9.46. The lowest BCUT2D eigenvalue weighted by molar-refractivity contribution is 0.0506. The second-order valence-corrected chi connectivity index (χ2v) is 8.21. The topological polar surface area (TPSA) is 26.7 Å². The predicted molar refractivity (Wildman–Crippen MR) is 104 cm³/mol. The molecule has 0 amide bonds. The van der Waals surface area contributed by atoms with E-state index in [1.54, 1.807) is 11.8 Å². The van der Waals surface area contributed by atoms with Crippen molar-refractivity contribution in [2.24, 2.45) is 0 Å².